The van der Waals surface area contributed by atoms with E-state index in [1.165, 1.54) is 29.7 Å². The molecule has 0 unspecified atom stereocenters. The van der Waals surface area contributed by atoms with Crippen molar-refractivity contribution in [2.45, 2.75) is 38.8 Å². The molecule has 0 radical (unpaired) electrons. The second-order valence-corrected chi connectivity index (χ2v) is 6.64. The molecule has 0 atom stereocenters. The molecule has 23 heavy (non-hydrogen) atoms. The normalized spacial score (nSPS) is 14.3. The van der Waals surface area contributed by atoms with Crippen molar-refractivity contribution in [3.05, 3.63) is 57.6 Å². The van der Waals surface area contributed by atoms with E-state index in [-0.39, 0.29) is 0 Å². The van der Waals surface area contributed by atoms with Crippen LogP contribution in [0.2, 0.25) is 5.15 Å². The molecule has 5 heteroatoms. The fourth-order valence-electron chi connectivity index (χ4n) is 2.90. The Morgan fingerprint density at radius 2 is 2.13 bits per heavy atom. The highest BCUT2D eigenvalue weighted by molar-refractivity contribution is 6.30. The fraction of sp³-hybridized carbons (Fsp3) is 0.389. The van der Waals surface area contributed by atoms with Gasteiger partial charge in [0.1, 0.15) is 5.15 Å². The van der Waals surface area contributed by atoms with E-state index < -0.39 is 0 Å². The minimum Gasteiger partial charge on any atom is -0.298 e. The molecule has 0 spiro atoms. The number of carbonyl (C=O) groups excluding carboxylic acids is 1. The third kappa shape index (κ3) is 3.77. The van der Waals surface area contributed by atoms with E-state index >= 15 is 0 Å². The molecule has 1 aliphatic carbocycles. The number of hydrogen-bond donors (Lipinski definition) is 0. The maximum atomic E-state index is 11.2. The molecule has 1 saturated carbocycles. The summed E-state index contributed by atoms with van der Waals surface area (Å²) in [5.41, 5.74) is 5.05. The molecule has 0 amide bonds. The van der Waals surface area contributed by atoms with Crippen LogP contribution in [0.25, 0.3) is 0 Å². The number of halogens is 1. The molecule has 2 aromatic heterocycles. The lowest BCUT2D eigenvalue weighted by Crippen LogP contribution is -2.19. The Labute approximate surface area is 141 Å². The monoisotopic (exact) mass is 329 g/mol. The van der Waals surface area contributed by atoms with Crippen molar-refractivity contribution in [2.24, 2.45) is 0 Å². The second kappa shape index (κ2) is 6.77. The molecule has 4 nitrogen and oxygen atoms in total. The van der Waals surface area contributed by atoms with E-state index in [1.54, 1.807) is 12.3 Å². The van der Waals surface area contributed by atoms with Crippen LogP contribution in [0.5, 0.6) is 0 Å². The van der Waals surface area contributed by atoms with E-state index in [4.69, 9.17) is 11.6 Å². The van der Waals surface area contributed by atoms with Gasteiger partial charge in [-0.15, -0.1) is 0 Å². The molecule has 2 aromatic rings. The van der Waals surface area contributed by atoms with Gasteiger partial charge in [0.05, 0.1) is 0 Å². The quantitative estimate of drug-likeness (QED) is 0.598. The molecule has 0 aliphatic heterocycles. The summed E-state index contributed by atoms with van der Waals surface area (Å²) in [5.74, 6) is 0.672. The molecule has 1 aliphatic rings. The van der Waals surface area contributed by atoms with Crippen molar-refractivity contribution in [1.82, 2.24) is 14.9 Å². The van der Waals surface area contributed by atoms with Crippen LogP contribution in [0.1, 0.15) is 51.5 Å². The van der Waals surface area contributed by atoms with Gasteiger partial charge < -0.3 is 0 Å². The first-order chi connectivity index (χ1) is 11.1. The number of pyridine rings is 2. The Hall–Kier alpha value is -1.78. The third-order valence-electron chi connectivity index (χ3n) is 4.19. The maximum Gasteiger partial charge on any atom is 0.150 e. The van der Waals surface area contributed by atoms with Crippen LogP contribution in [0.3, 0.4) is 0 Å². The summed E-state index contributed by atoms with van der Waals surface area (Å²) in [4.78, 5) is 22.0. The van der Waals surface area contributed by atoms with Gasteiger partial charge in [-0.05, 0) is 44.0 Å². The molecule has 3 rings (SSSR count). The van der Waals surface area contributed by atoms with Gasteiger partial charge in [-0.1, -0.05) is 17.7 Å². The average molecular weight is 330 g/mol. The van der Waals surface area contributed by atoms with Crippen LogP contribution in [-0.2, 0) is 13.1 Å². The number of rotatable bonds is 6. The van der Waals surface area contributed by atoms with Gasteiger partial charge in [0, 0.05) is 48.2 Å². The van der Waals surface area contributed by atoms with Gasteiger partial charge in [0.25, 0.3) is 0 Å². The zero-order chi connectivity index (χ0) is 16.4. The predicted octanol–water partition coefficient (Wildman–Crippen LogP) is 3.76. The van der Waals surface area contributed by atoms with Gasteiger partial charge in [-0.2, -0.15) is 0 Å². The Morgan fingerprint density at radius 3 is 2.78 bits per heavy atom. The van der Waals surface area contributed by atoms with Crippen LogP contribution < -0.4 is 0 Å². The van der Waals surface area contributed by atoms with Crippen molar-refractivity contribution in [3.63, 3.8) is 0 Å². The molecular weight excluding hydrogens is 310 g/mol. The second-order valence-electron chi connectivity index (χ2n) is 6.28. The first-order valence-corrected chi connectivity index (χ1v) is 8.18. The summed E-state index contributed by atoms with van der Waals surface area (Å²) in [6, 6.07) is 3.90. The highest BCUT2D eigenvalue weighted by Gasteiger charge is 2.26. The number of aromatic nitrogens is 2. The fourth-order valence-corrected chi connectivity index (χ4v) is 3.12. The summed E-state index contributed by atoms with van der Waals surface area (Å²) < 4.78 is 0. The first-order valence-electron chi connectivity index (χ1n) is 7.81. The highest BCUT2D eigenvalue weighted by atomic mass is 35.5. The minimum absolute atomic E-state index is 0.389. The van der Waals surface area contributed by atoms with E-state index in [1.807, 2.05) is 13.2 Å². The molecular formula is C18H20ClN3O. The predicted molar refractivity (Wildman–Crippen MR) is 90.8 cm³/mol. The van der Waals surface area contributed by atoms with Crippen molar-refractivity contribution in [3.8, 4) is 0 Å². The molecule has 0 aromatic carbocycles. The van der Waals surface area contributed by atoms with Gasteiger partial charge in [0.2, 0.25) is 0 Å². The smallest absolute Gasteiger partial charge is 0.150 e. The van der Waals surface area contributed by atoms with Gasteiger partial charge >= 0.3 is 0 Å². The third-order valence-corrected chi connectivity index (χ3v) is 4.51. The van der Waals surface area contributed by atoms with Gasteiger partial charge in [-0.3, -0.25) is 14.7 Å². The summed E-state index contributed by atoms with van der Waals surface area (Å²) in [6.07, 6.45) is 6.87. The molecule has 0 saturated heterocycles. The highest BCUT2D eigenvalue weighted by Crippen LogP contribution is 2.40. The lowest BCUT2D eigenvalue weighted by molar-refractivity contribution is 0.112. The molecule has 2 heterocycles. The summed E-state index contributed by atoms with van der Waals surface area (Å²) in [7, 11) is 2.00. The van der Waals surface area contributed by atoms with Crippen LogP contribution >= 0.6 is 11.6 Å². The topological polar surface area (TPSA) is 46.1 Å². The van der Waals surface area contributed by atoms with Crippen LogP contribution in [-0.4, -0.2) is 28.2 Å². The number of nitrogens with zero attached hydrogens (tertiary/aromatic N) is 3. The SMILES string of the molecule is Cc1cc(CN(C)Cc2c(C=O)ccnc2Cl)cnc1C1CC1. The first kappa shape index (κ1) is 16.1. The van der Waals surface area contributed by atoms with Gasteiger partial charge in [0.15, 0.2) is 6.29 Å². The number of aldehydes is 1. The molecule has 0 bridgehead atoms. The number of aryl methyl sites for hydroxylation is 1. The van der Waals surface area contributed by atoms with Crippen LogP contribution in [0.4, 0.5) is 0 Å². The standard InChI is InChI=1S/C18H20ClN3O/c1-12-7-13(8-21-17(12)14-3-4-14)9-22(2)10-16-15(11-23)5-6-20-18(16)19/h5-8,11,14H,3-4,9-10H2,1-2H3. The van der Waals surface area contributed by atoms with Crippen molar-refractivity contribution in [1.29, 1.82) is 0 Å². The number of hydrogen-bond acceptors (Lipinski definition) is 4. The summed E-state index contributed by atoms with van der Waals surface area (Å²) >= 11 is 6.13. The lowest BCUT2D eigenvalue weighted by atomic mass is 10.1. The van der Waals surface area contributed by atoms with E-state index in [2.05, 4.69) is 27.9 Å². The Morgan fingerprint density at radius 1 is 1.35 bits per heavy atom. The van der Waals surface area contributed by atoms with Crippen molar-refractivity contribution >= 4 is 17.9 Å². The molecule has 1 fully saturated rings. The lowest BCUT2D eigenvalue weighted by Gasteiger charge is -2.19. The maximum absolute atomic E-state index is 11.2. The largest absolute Gasteiger partial charge is 0.298 e. The summed E-state index contributed by atoms with van der Waals surface area (Å²) in [5, 5.41) is 0.389. The minimum atomic E-state index is 0.389. The average Bonchev–Trinajstić information content (AvgIpc) is 3.34. The number of carbonyl (C=O) groups is 1. The Bertz CT molecular complexity index is 728. The van der Waals surface area contributed by atoms with E-state index in [0.29, 0.717) is 23.2 Å². The van der Waals surface area contributed by atoms with Gasteiger partial charge in [-0.25, -0.2) is 4.98 Å². The Kier molecular flexibility index (Phi) is 4.74. The van der Waals surface area contributed by atoms with Crippen LogP contribution in [0.15, 0.2) is 24.5 Å². The zero-order valence-electron chi connectivity index (χ0n) is 13.4. The van der Waals surface area contributed by atoms with Crippen molar-refractivity contribution in [2.75, 3.05) is 7.05 Å². The Balaban J connectivity index is 1.71. The van der Waals surface area contributed by atoms with Crippen LogP contribution in [0, 0.1) is 6.92 Å². The zero-order valence-corrected chi connectivity index (χ0v) is 14.2. The van der Waals surface area contributed by atoms with Crippen molar-refractivity contribution < 1.29 is 4.79 Å². The molecule has 0 N–H and O–H groups in total. The van der Waals surface area contributed by atoms with E-state index in [0.717, 1.165) is 18.4 Å². The summed E-state index contributed by atoms with van der Waals surface area (Å²) in [6.45, 7) is 3.46. The molecule has 120 valence electrons. The van der Waals surface area contributed by atoms with E-state index in [9.17, 15) is 4.79 Å².